The van der Waals surface area contributed by atoms with Gasteiger partial charge in [-0.2, -0.15) is 0 Å². The number of carbonyl (C=O) groups is 1. The van der Waals surface area contributed by atoms with Crippen LogP contribution in [-0.2, 0) is 17.8 Å². The van der Waals surface area contributed by atoms with Crippen molar-refractivity contribution in [2.45, 2.75) is 22.8 Å². The number of hydrogen-bond donors (Lipinski definition) is 2. The van der Waals surface area contributed by atoms with E-state index < -0.39 is 5.97 Å². The lowest BCUT2D eigenvalue weighted by molar-refractivity contribution is -0.136. The van der Waals surface area contributed by atoms with Gasteiger partial charge in [-0.3, -0.25) is 4.79 Å². The number of rotatable bonds is 5. The zero-order valence-electron chi connectivity index (χ0n) is 10.2. The first-order valence-corrected chi connectivity index (χ1v) is 6.68. The maximum Gasteiger partial charge on any atom is 0.307 e. The van der Waals surface area contributed by atoms with Crippen LogP contribution in [0.4, 0.5) is 0 Å². The van der Waals surface area contributed by atoms with Gasteiger partial charge < -0.3 is 10.2 Å². The molecule has 0 aliphatic rings. The molecule has 0 spiro atoms. The van der Waals surface area contributed by atoms with Crippen LogP contribution in [0.25, 0.3) is 0 Å². The highest BCUT2D eigenvalue weighted by Crippen LogP contribution is 2.30. The molecule has 0 aliphatic heterocycles. The molecular weight excluding hydrogens is 260 g/mol. The molecule has 0 saturated carbocycles. The highest BCUT2D eigenvalue weighted by Gasteiger charge is 2.07. The Morgan fingerprint density at radius 2 is 1.74 bits per heavy atom. The summed E-state index contributed by atoms with van der Waals surface area (Å²) < 4.78 is 0. The summed E-state index contributed by atoms with van der Waals surface area (Å²) in [4.78, 5) is 12.8. The van der Waals surface area contributed by atoms with Crippen LogP contribution in [0.1, 0.15) is 11.1 Å². The lowest BCUT2D eigenvalue weighted by Crippen LogP contribution is -2.01. The van der Waals surface area contributed by atoms with E-state index in [9.17, 15) is 4.79 Å². The normalized spacial score (nSPS) is 10.4. The van der Waals surface area contributed by atoms with E-state index in [2.05, 4.69) is 0 Å². The van der Waals surface area contributed by atoms with Gasteiger partial charge in [0.2, 0.25) is 0 Å². The Labute approximate surface area is 115 Å². The first-order chi connectivity index (χ1) is 9.19. The summed E-state index contributed by atoms with van der Waals surface area (Å²) in [6, 6.07) is 15.1. The Hall–Kier alpha value is -1.78. The van der Waals surface area contributed by atoms with Crippen LogP contribution in [0.2, 0.25) is 0 Å². The first-order valence-electron chi connectivity index (χ1n) is 5.86. The van der Waals surface area contributed by atoms with Gasteiger partial charge in [0.1, 0.15) is 0 Å². The number of carboxylic acids is 1. The summed E-state index contributed by atoms with van der Waals surface area (Å²) in [6.45, 7) is 0.0283. The lowest BCUT2D eigenvalue weighted by Gasteiger charge is -2.07. The molecule has 0 amide bonds. The van der Waals surface area contributed by atoms with E-state index in [-0.39, 0.29) is 13.0 Å². The number of hydrogen-bond acceptors (Lipinski definition) is 3. The SMILES string of the molecule is O=C(O)Cc1ccccc1Sc1ccc(CO)cc1. The standard InChI is InChI=1S/C15H14O3S/c16-10-11-5-7-13(8-6-11)19-14-4-2-1-3-12(14)9-15(17)18/h1-8,16H,9-10H2,(H,17,18). The number of aliphatic hydroxyl groups is 1. The van der Waals surface area contributed by atoms with Gasteiger partial charge >= 0.3 is 5.97 Å². The predicted molar refractivity (Wildman–Crippen MR) is 74.3 cm³/mol. The number of aliphatic hydroxyl groups excluding tert-OH is 1. The molecule has 19 heavy (non-hydrogen) atoms. The maximum absolute atomic E-state index is 10.8. The molecule has 0 atom stereocenters. The zero-order valence-corrected chi connectivity index (χ0v) is 11.1. The molecule has 4 heteroatoms. The van der Waals surface area contributed by atoms with Crippen LogP contribution < -0.4 is 0 Å². The topological polar surface area (TPSA) is 57.5 Å². The van der Waals surface area contributed by atoms with E-state index in [0.29, 0.717) is 0 Å². The molecule has 98 valence electrons. The summed E-state index contributed by atoms with van der Waals surface area (Å²) >= 11 is 1.53. The zero-order chi connectivity index (χ0) is 13.7. The molecule has 0 radical (unpaired) electrons. The molecule has 0 heterocycles. The summed E-state index contributed by atoms with van der Waals surface area (Å²) in [5.41, 5.74) is 1.68. The van der Waals surface area contributed by atoms with E-state index in [1.165, 1.54) is 11.8 Å². The molecule has 0 fully saturated rings. The smallest absolute Gasteiger partial charge is 0.307 e. The number of aliphatic carboxylic acids is 1. The largest absolute Gasteiger partial charge is 0.481 e. The molecule has 2 N–H and O–H groups in total. The quantitative estimate of drug-likeness (QED) is 0.880. The Morgan fingerprint density at radius 3 is 2.37 bits per heavy atom. The molecule has 0 aliphatic carbocycles. The Balaban J connectivity index is 2.19. The van der Waals surface area contributed by atoms with Gasteiger partial charge in [0.25, 0.3) is 0 Å². The summed E-state index contributed by atoms with van der Waals surface area (Å²) in [5, 5.41) is 17.9. The first kappa shape index (κ1) is 13.6. The van der Waals surface area contributed by atoms with Gasteiger partial charge in [-0.05, 0) is 29.3 Å². The van der Waals surface area contributed by atoms with Crippen molar-refractivity contribution in [2.24, 2.45) is 0 Å². The number of benzene rings is 2. The molecule has 0 unspecified atom stereocenters. The van der Waals surface area contributed by atoms with Crippen LogP contribution in [-0.4, -0.2) is 16.2 Å². The molecule has 2 aromatic carbocycles. The minimum absolute atomic E-state index is 0.0257. The average Bonchev–Trinajstić information content (AvgIpc) is 2.41. The Bertz CT molecular complexity index is 564. The van der Waals surface area contributed by atoms with Gasteiger partial charge in [-0.15, -0.1) is 0 Å². The van der Waals surface area contributed by atoms with Crippen molar-refractivity contribution in [1.29, 1.82) is 0 Å². The molecule has 2 aromatic rings. The van der Waals surface area contributed by atoms with E-state index in [0.717, 1.165) is 20.9 Å². The molecule has 0 saturated heterocycles. The lowest BCUT2D eigenvalue weighted by atomic mass is 10.1. The van der Waals surface area contributed by atoms with Crippen molar-refractivity contribution < 1.29 is 15.0 Å². The monoisotopic (exact) mass is 274 g/mol. The van der Waals surface area contributed by atoms with Crippen LogP contribution in [0.15, 0.2) is 58.3 Å². The second-order valence-electron chi connectivity index (χ2n) is 4.08. The van der Waals surface area contributed by atoms with Crippen LogP contribution in [0.5, 0.6) is 0 Å². The molecule has 3 nitrogen and oxygen atoms in total. The van der Waals surface area contributed by atoms with Crippen molar-refractivity contribution in [3.8, 4) is 0 Å². The van der Waals surface area contributed by atoms with E-state index in [4.69, 9.17) is 10.2 Å². The molecule has 0 bridgehead atoms. The van der Waals surface area contributed by atoms with Crippen molar-refractivity contribution in [1.82, 2.24) is 0 Å². The van der Waals surface area contributed by atoms with Crippen molar-refractivity contribution in [3.63, 3.8) is 0 Å². The third-order valence-electron chi connectivity index (χ3n) is 2.65. The van der Waals surface area contributed by atoms with Gasteiger partial charge in [0, 0.05) is 9.79 Å². The van der Waals surface area contributed by atoms with Gasteiger partial charge in [0.05, 0.1) is 13.0 Å². The highest BCUT2D eigenvalue weighted by molar-refractivity contribution is 7.99. The Kier molecular flexibility index (Phi) is 4.60. The molecule has 2 rings (SSSR count). The van der Waals surface area contributed by atoms with Crippen molar-refractivity contribution in [2.75, 3.05) is 0 Å². The van der Waals surface area contributed by atoms with E-state index in [1.54, 1.807) is 0 Å². The van der Waals surface area contributed by atoms with Crippen LogP contribution in [0.3, 0.4) is 0 Å². The fourth-order valence-electron chi connectivity index (χ4n) is 1.70. The minimum Gasteiger partial charge on any atom is -0.481 e. The summed E-state index contributed by atoms with van der Waals surface area (Å²) in [7, 11) is 0. The van der Waals surface area contributed by atoms with Crippen LogP contribution in [0, 0.1) is 0 Å². The third-order valence-corrected chi connectivity index (χ3v) is 3.77. The van der Waals surface area contributed by atoms with Crippen molar-refractivity contribution in [3.05, 3.63) is 59.7 Å². The van der Waals surface area contributed by atoms with E-state index >= 15 is 0 Å². The van der Waals surface area contributed by atoms with Gasteiger partial charge in [0.15, 0.2) is 0 Å². The van der Waals surface area contributed by atoms with Crippen LogP contribution >= 0.6 is 11.8 Å². The second-order valence-corrected chi connectivity index (χ2v) is 5.20. The van der Waals surface area contributed by atoms with Gasteiger partial charge in [-0.1, -0.05) is 42.1 Å². The van der Waals surface area contributed by atoms with Crippen molar-refractivity contribution >= 4 is 17.7 Å². The minimum atomic E-state index is -0.830. The molecular formula is C15H14O3S. The predicted octanol–water partition coefficient (Wildman–Crippen LogP) is 2.96. The maximum atomic E-state index is 10.8. The Morgan fingerprint density at radius 1 is 1.05 bits per heavy atom. The number of carboxylic acid groups (broad SMARTS) is 1. The summed E-state index contributed by atoms with van der Waals surface area (Å²) in [6.07, 6.45) is 0.0257. The fraction of sp³-hybridized carbons (Fsp3) is 0.133. The highest BCUT2D eigenvalue weighted by atomic mass is 32.2. The van der Waals surface area contributed by atoms with Gasteiger partial charge in [-0.25, -0.2) is 0 Å². The fourth-order valence-corrected chi connectivity index (χ4v) is 2.65. The average molecular weight is 274 g/mol. The molecule has 0 aromatic heterocycles. The summed E-state index contributed by atoms with van der Waals surface area (Å²) in [5.74, 6) is -0.830. The second kappa shape index (κ2) is 6.41. The van der Waals surface area contributed by atoms with E-state index in [1.807, 2.05) is 48.5 Å². The third kappa shape index (κ3) is 3.84.